The third-order valence-electron chi connectivity index (χ3n) is 2.35. The lowest BCUT2D eigenvalue weighted by Crippen LogP contribution is -2.07. The van der Waals surface area contributed by atoms with Gasteiger partial charge in [-0.2, -0.15) is 18.3 Å². The highest BCUT2D eigenvalue weighted by molar-refractivity contribution is 5.75. The summed E-state index contributed by atoms with van der Waals surface area (Å²) in [4.78, 5) is 10.5. The maximum Gasteiger partial charge on any atom is 0.420 e. The molecule has 0 spiro atoms. The zero-order valence-corrected chi connectivity index (χ0v) is 9.81. The second kappa shape index (κ2) is 4.75. The number of aldehydes is 1. The lowest BCUT2D eigenvalue weighted by Gasteiger charge is -2.13. The topological polar surface area (TPSA) is 44.1 Å². The first-order chi connectivity index (χ1) is 8.90. The van der Waals surface area contributed by atoms with Crippen LogP contribution in [0.1, 0.15) is 15.9 Å². The highest BCUT2D eigenvalue weighted by Gasteiger charge is 2.35. The van der Waals surface area contributed by atoms with Gasteiger partial charge in [-0.15, -0.1) is 0 Å². The first kappa shape index (κ1) is 13.1. The number of rotatable bonds is 3. The number of benzene rings is 1. The summed E-state index contributed by atoms with van der Waals surface area (Å²) in [5.41, 5.74) is -1.06. The van der Waals surface area contributed by atoms with E-state index in [1.54, 1.807) is 7.05 Å². The zero-order chi connectivity index (χ0) is 14.0. The molecule has 0 aliphatic rings. The summed E-state index contributed by atoms with van der Waals surface area (Å²) >= 11 is 0. The van der Waals surface area contributed by atoms with Crippen LogP contribution in [0.3, 0.4) is 0 Å². The van der Waals surface area contributed by atoms with Gasteiger partial charge in [0.2, 0.25) is 0 Å². The van der Waals surface area contributed by atoms with E-state index in [0.717, 1.165) is 12.1 Å². The predicted octanol–water partition coefficient (Wildman–Crippen LogP) is 3.04. The van der Waals surface area contributed by atoms with E-state index in [0.29, 0.717) is 6.29 Å². The molecule has 1 aromatic heterocycles. The van der Waals surface area contributed by atoms with Gasteiger partial charge in [-0.05, 0) is 18.2 Å². The molecule has 0 saturated carbocycles. The Kier molecular flexibility index (Phi) is 3.28. The lowest BCUT2D eigenvalue weighted by atomic mass is 10.1. The summed E-state index contributed by atoms with van der Waals surface area (Å²) in [6.07, 6.45) is -1.51. The van der Waals surface area contributed by atoms with E-state index in [1.807, 2.05) is 0 Å². The van der Waals surface area contributed by atoms with E-state index in [1.165, 1.54) is 23.1 Å². The molecule has 0 aliphatic heterocycles. The molecule has 0 radical (unpaired) electrons. The van der Waals surface area contributed by atoms with Crippen LogP contribution in [0.2, 0.25) is 0 Å². The number of carbonyl (C=O) groups is 1. The molecule has 2 aromatic rings. The molecule has 0 N–H and O–H groups in total. The first-order valence-corrected chi connectivity index (χ1v) is 5.23. The number of nitrogens with zero attached hydrogens (tertiary/aromatic N) is 2. The Bertz CT molecular complexity index is 605. The first-order valence-electron chi connectivity index (χ1n) is 5.23. The van der Waals surface area contributed by atoms with Crippen molar-refractivity contribution in [1.29, 1.82) is 0 Å². The SMILES string of the molecule is Cn1cc(Oc2ccc(C=O)cc2C(F)(F)F)cn1. The van der Waals surface area contributed by atoms with E-state index in [4.69, 9.17) is 4.74 Å². The maximum atomic E-state index is 12.9. The molecule has 7 heteroatoms. The van der Waals surface area contributed by atoms with Gasteiger partial charge in [-0.3, -0.25) is 9.48 Å². The Morgan fingerprint density at radius 2 is 2.11 bits per heavy atom. The standard InChI is InChI=1S/C12H9F3N2O2/c1-17-6-9(5-16-17)19-11-3-2-8(7-18)4-10(11)12(13,14)15/h2-7H,1H3. The van der Waals surface area contributed by atoms with Crippen LogP contribution >= 0.6 is 0 Å². The van der Waals surface area contributed by atoms with Gasteiger partial charge in [0.05, 0.1) is 18.0 Å². The molecule has 1 heterocycles. The molecule has 0 amide bonds. The molecule has 4 nitrogen and oxygen atoms in total. The third kappa shape index (κ3) is 2.93. The summed E-state index contributed by atoms with van der Waals surface area (Å²) in [7, 11) is 1.62. The molecule has 0 aliphatic carbocycles. The molecule has 19 heavy (non-hydrogen) atoms. The van der Waals surface area contributed by atoms with Crippen molar-refractivity contribution in [1.82, 2.24) is 9.78 Å². The van der Waals surface area contributed by atoms with Gasteiger partial charge in [0.1, 0.15) is 12.0 Å². The predicted molar refractivity (Wildman–Crippen MR) is 60.1 cm³/mol. The smallest absolute Gasteiger partial charge is 0.420 e. The summed E-state index contributed by atoms with van der Waals surface area (Å²) in [5.74, 6) is -0.182. The normalized spacial score (nSPS) is 11.4. The van der Waals surface area contributed by atoms with Crippen LogP contribution in [0.15, 0.2) is 30.6 Å². The lowest BCUT2D eigenvalue weighted by molar-refractivity contribution is -0.138. The van der Waals surface area contributed by atoms with Gasteiger partial charge in [0.25, 0.3) is 0 Å². The number of ether oxygens (including phenoxy) is 1. The van der Waals surface area contributed by atoms with Crippen molar-refractivity contribution >= 4 is 6.29 Å². The molecule has 0 saturated heterocycles. The number of aromatic nitrogens is 2. The van der Waals surface area contributed by atoms with E-state index >= 15 is 0 Å². The minimum absolute atomic E-state index is 0.0640. The monoisotopic (exact) mass is 270 g/mol. The average molecular weight is 270 g/mol. The molecule has 0 unspecified atom stereocenters. The molecular weight excluding hydrogens is 261 g/mol. The van der Waals surface area contributed by atoms with Gasteiger partial charge in [-0.25, -0.2) is 0 Å². The minimum Gasteiger partial charge on any atom is -0.453 e. The molecular formula is C12H9F3N2O2. The van der Waals surface area contributed by atoms with Crippen molar-refractivity contribution in [2.45, 2.75) is 6.18 Å². The summed E-state index contributed by atoms with van der Waals surface area (Å²) in [5, 5.41) is 3.79. The van der Waals surface area contributed by atoms with Crippen LogP contribution in [0.4, 0.5) is 13.2 Å². The fourth-order valence-electron chi connectivity index (χ4n) is 1.51. The Hall–Kier alpha value is -2.31. The Balaban J connectivity index is 2.41. The molecule has 0 fully saturated rings. The van der Waals surface area contributed by atoms with E-state index in [-0.39, 0.29) is 17.1 Å². The van der Waals surface area contributed by atoms with Gasteiger partial charge in [-0.1, -0.05) is 0 Å². The number of carbonyl (C=O) groups excluding carboxylic acids is 1. The van der Waals surface area contributed by atoms with Crippen LogP contribution in [0, 0.1) is 0 Å². The van der Waals surface area contributed by atoms with Gasteiger partial charge in [0.15, 0.2) is 5.75 Å². The van der Waals surface area contributed by atoms with Crippen LogP contribution in [0.5, 0.6) is 11.5 Å². The number of hydrogen-bond donors (Lipinski definition) is 0. The number of aryl methyl sites for hydroxylation is 1. The van der Waals surface area contributed by atoms with Gasteiger partial charge < -0.3 is 4.74 Å². The maximum absolute atomic E-state index is 12.9. The Morgan fingerprint density at radius 1 is 1.37 bits per heavy atom. The van der Waals surface area contributed by atoms with Crippen LogP contribution < -0.4 is 4.74 Å². The van der Waals surface area contributed by atoms with E-state index < -0.39 is 11.7 Å². The largest absolute Gasteiger partial charge is 0.453 e. The second-order valence-electron chi connectivity index (χ2n) is 3.82. The Labute approximate surface area is 106 Å². The van der Waals surface area contributed by atoms with Crippen molar-refractivity contribution in [3.05, 3.63) is 41.7 Å². The Morgan fingerprint density at radius 3 is 2.63 bits per heavy atom. The zero-order valence-electron chi connectivity index (χ0n) is 9.81. The van der Waals surface area contributed by atoms with Crippen molar-refractivity contribution in [3.8, 4) is 11.5 Å². The molecule has 100 valence electrons. The molecule has 0 atom stereocenters. The fraction of sp³-hybridized carbons (Fsp3) is 0.167. The summed E-state index contributed by atoms with van der Waals surface area (Å²) < 4.78 is 45.1. The van der Waals surface area contributed by atoms with Crippen molar-refractivity contribution in [2.24, 2.45) is 7.05 Å². The van der Waals surface area contributed by atoms with E-state index in [2.05, 4.69) is 5.10 Å². The number of halogens is 3. The molecule has 0 bridgehead atoms. The van der Waals surface area contributed by atoms with Crippen LogP contribution in [0.25, 0.3) is 0 Å². The highest BCUT2D eigenvalue weighted by Crippen LogP contribution is 2.38. The highest BCUT2D eigenvalue weighted by atomic mass is 19.4. The number of alkyl halides is 3. The third-order valence-corrected chi connectivity index (χ3v) is 2.35. The summed E-state index contributed by atoms with van der Waals surface area (Å²) in [6, 6.07) is 3.12. The van der Waals surface area contributed by atoms with Gasteiger partial charge in [0, 0.05) is 12.6 Å². The van der Waals surface area contributed by atoms with Crippen molar-refractivity contribution < 1.29 is 22.7 Å². The van der Waals surface area contributed by atoms with Crippen LogP contribution in [-0.4, -0.2) is 16.1 Å². The molecule has 1 aromatic carbocycles. The summed E-state index contributed by atoms with van der Waals surface area (Å²) in [6.45, 7) is 0. The van der Waals surface area contributed by atoms with Crippen molar-refractivity contribution in [3.63, 3.8) is 0 Å². The minimum atomic E-state index is -4.60. The fourth-order valence-corrected chi connectivity index (χ4v) is 1.51. The van der Waals surface area contributed by atoms with Gasteiger partial charge >= 0.3 is 6.18 Å². The van der Waals surface area contributed by atoms with Crippen molar-refractivity contribution in [2.75, 3.05) is 0 Å². The quantitative estimate of drug-likeness (QED) is 0.805. The number of hydrogen-bond acceptors (Lipinski definition) is 3. The van der Waals surface area contributed by atoms with Crippen LogP contribution in [-0.2, 0) is 13.2 Å². The molecule has 2 rings (SSSR count). The van der Waals surface area contributed by atoms with E-state index in [9.17, 15) is 18.0 Å². The second-order valence-corrected chi connectivity index (χ2v) is 3.82. The average Bonchev–Trinajstić information content (AvgIpc) is 2.74.